The minimum Gasteiger partial charge on any atom is -0.262 e. The molecule has 0 radical (unpaired) electrons. The number of benzene rings is 1. The van der Waals surface area contributed by atoms with E-state index in [-0.39, 0.29) is 0 Å². The van der Waals surface area contributed by atoms with Gasteiger partial charge in [0.15, 0.2) is 0 Å². The molecular weight excluding hydrogens is 310 g/mol. The highest BCUT2D eigenvalue weighted by Crippen LogP contribution is 2.06. The maximum Gasteiger partial charge on any atom is 0.0889 e. The van der Waals surface area contributed by atoms with Crippen molar-refractivity contribution in [3.8, 4) is 0 Å². The van der Waals surface area contributed by atoms with Gasteiger partial charge in [0, 0.05) is 36.7 Å². The van der Waals surface area contributed by atoms with E-state index in [0.29, 0.717) is 0 Å². The van der Waals surface area contributed by atoms with Crippen molar-refractivity contribution < 1.29 is 0 Å². The van der Waals surface area contributed by atoms with E-state index in [1.807, 2.05) is 63.2 Å². The number of hydrogen-bond donors (Lipinski definition) is 0. The first-order valence-corrected chi connectivity index (χ1v) is 7.94. The molecule has 0 fully saturated rings. The number of hydrogen-bond acceptors (Lipinski definition) is 5. The summed E-state index contributed by atoms with van der Waals surface area (Å²) in [5.41, 5.74) is 4.92. The molecule has 3 aromatic heterocycles. The molecule has 0 bridgehead atoms. The topological polar surface area (TPSA) is 64.5 Å². The zero-order valence-corrected chi connectivity index (χ0v) is 14.7. The maximum absolute atomic E-state index is 4.31. The first-order valence-electron chi connectivity index (χ1n) is 7.94. The second kappa shape index (κ2) is 9.82. The molecule has 0 spiro atoms. The Morgan fingerprint density at radius 2 is 1.28 bits per heavy atom. The Bertz CT molecular complexity index is 842. The van der Waals surface area contributed by atoms with Crippen LogP contribution in [0.25, 0.3) is 11.0 Å². The number of nitrogens with zero attached hydrogens (tertiary/aromatic N) is 5. The first kappa shape index (κ1) is 18.1. The van der Waals surface area contributed by atoms with Crippen LogP contribution in [-0.4, -0.2) is 24.9 Å². The molecule has 1 aromatic carbocycles. The summed E-state index contributed by atoms with van der Waals surface area (Å²) in [6, 6.07) is 13.7. The zero-order chi connectivity index (χ0) is 17.9. The lowest BCUT2D eigenvalue weighted by molar-refractivity contribution is 1.12. The largest absolute Gasteiger partial charge is 0.262 e. The van der Waals surface area contributed by atoms with E-state index in [9.17, 15) is 0 Å². The van der Waals surface area contributed by atoms with E-state index < -0.39 is 0 Å². The molecule has 4 aromatic rings. The fraction of sp³-hybridized carbons (Fsp3) is 0.150. The number of aromatic nitrogens is 5. The Kier molecular flexibility index (Phi) is 7.13. The average Bonchev–Trinajstić information content (AvgIpc) is 2.64. The van der Waals surface area contributed by atoms with Crippen molar-refractivity contribution in [2.75, 3.05) is 0 Å². The molecule has 0 atom stereocenters. The minimum atomic E-state index is 0.957. The van der Waals surface area contributed by atoms with Crippen molar-refractivity contribution in [3.63, 3.8) is 0 Å². The van der Waals surface area contributed by atoms with Crippen molar-refractivity contribution in [1.29, 1.82) is 0 Å². The summed E-state index contributed by atoms with van der Waals surface area (Å²) in [5, 5.41) is 0. The molecule has 25 heavy (non-hydrogen) atoms. The lowest BCUT2D eigenvalue weighted by Crippen LogP contribution is -1.85. The summed E-state index contributed by atoms with van der Waals surface area (Å²) in [7, 11) is 0. The Balaban J connectivity index is 0.000000142. The average molecular weight is 331 g/mol. The van der Waals surface area contributed by atoms with Crippen molar-refractivity contribution >= 4 is 11.0 Å². The van der Waals surface area contributed by atoms with E-state index in [4.69, 9.17) is 0 Å². The molecule has 3 heterocycles. The number of para-hydroxylation sites is 2. The Labute approximate surface area is 147 Å². The molecule has 126 valence electrons. The Morgan fingerprint density at radius 1 is 0.560 bits per heavy atom. The van der Waals surface area contributed by atoms with Crippen LogP contribution in [0.2, 0.25) is 0 Å². The summed E-state index contributed by atoms with van der Waals surface area (Å²) < 4.78 is 0. The molecular formula is C20H21N5. The van der Waals surface area contributed by atoms with E-state index >= 15 is 0 Å². The van der Waals surface area contributed by atoms with Gasteiger partial charge in [-0.05, 0) is 45.0 Å². The normalized spacial score (nSPS) is 9.40. The summed E-state index contributed by atoms with van der Waals surface area (Å²) in [4.78, 5) is 20.2. The summed E-state index contributed by atoms with van der Waals surface area (Å²) >= 11 is 0. The van der Waals surface area contributed by atoms with Crippen LogP contribution < -0.4 is 0 Å². The van der Waals surface area contributed by atoms with Crippen LogP contribution in [0.5, 0.6) is 0 Å². The van der Waals surface area contributed by atoms with Gasteiger partial charge in [0.1, 0.15) is 0 Å². The lowest BCUT2D eigenvalue weighted by atomic mass is 10.3. The van der Waals surface area contributed by atoms with Gasteiger partial charge in [-0.25, -0.2) is 4.98 Å². The fourth-order valence-corrected chi connectivity index (χ4v) is 1.87. The molecule has 0 unspecified atom stereocenters. The van der Waals surface area contributed by atoms with Gasteiger partial charge in [-0.2, -0.15) is 0 Å². The van der Waals surface area contributed by atoms with Gasteiger partial charge >= 0.3 is 0 Å². The minimum absolute atomic E-state index is 0.957. The van der Waals surface area contributed by atoms with Crippen LogP contribution in [-0.2, 0) is 0 Å². The van der Waals surface area contributed by atoms with Crippen LogP contribution in [0.15, 0.2) is 73.4 Å². The van der Waals surface area contributed by atoms with E-state index in [1.165, 1.54) is 0 Å². The fourth-order valence-electron chi connectivity index (χ4n) is 1.87. The van der Waals surface area contributed by atoms with Crippen molar-refractivity contribution in [2.24, 2.45) is 0 Å². The van der Waals surface area contributed by atoms with Gasteiger partial charge in [-0.1, -0.05) is 18.2 Å². The van der Waals surface area contributed by atoms with Crippen molar-refractivity contribution in [3.05, 3.63) is 90.5 Å². The monoisotopic (exact) mass is 331 g/mol. The van der Waals surface area contributed by atoms with Gasteiger partial charge in [0.05, 0.1) is 22.4 Å². The first-order chi connectivity index (χ1) is 12.1. The summed E-state index contributed by atoms with van der Waals surface area (Å²) in [6.07, 6.45) is 8.62. The molecule has 5 heteroatoms. The number of rotatable bonds is 0. The predicted molar refractivity (Wildman–Crippen MR) is 100 cm³/mol. The van der Waals surface area contributed by atoms with Crippen LogP contribution in [0.1, 0.15) is 17.1 Å². The lowest BCUT2D eigenvalue weighted by Gasteiger charge is -1.95. The van der Waals surface area contributed by atoms with Gasteiger partial charge in [-0.15, -0.1) is 0 Å². The molecule has 0 aliphatic heterocycles. The highest BCUT2D eigenvalue weighted by atomic mass is 14.8. The Hall–Kier alpha value is -3.21. The van der Waals surface area contributed by atoms with Crippen LogP contribution in [0.3, 0.4) is 0 Å². The van der Waals surface area contributed by atoms with E-state index in [1.54, 1.807) is 31.0 Å². The van der Waals surface area contributed by atoms with Gasteiger partial charge < -0.3 is 0 Å². The summed E-state index contributed by atoms with van der Waals surface area (Å²) in [6.45, 7) is 5.83. The van der Waals surface area contributed by atoms with Crippen LogP contribution in [0, 0.1) is 20.8 Å². The van der Waals surface area contributed by atoms with Gasteiger partial charge in [0.25, 0.3) is 0 Å². The third-order valence-corrected chi connectivity index (χ3v) is 3.07. The van der Waals surface area contributed by atoms with Gasteiger partial charge in [0.2, 0.25) is 0 Å². The summed E-state index contributed by atoms with van der Waals surface area (Å²) in [5.74, 6) is 0. The van der Waals surface area contributed by atoms with Crippen LogP contribution >= 0.6 is 0 Å². The van der Waals surface area contributed by atoms with Crippen LogP contribution in [0.4, 0.5) is 0 Å². The molecule has 4 rings (SSSR count). The zero-order valence-electron chi connectivity index (χ0n) is 14.7. The predicted octanol–water partition coefficient (Wildman–Crippen LogP) is 4.11. The number of aryl methyl sites for hydroxylation is 3. The molecule has 0 amide bonds. The highest BCUT2D eigenvalue weighted by molar-refractivity contribution is 5.73. The SMILES string of the molecule is Cc1ccccn1.Cc1cnc2ccccc2n1.Cc1cnccn1. The molecule has 0 N–H and O–H groups in total. The second-order valence-electron chi connectivity index (χ2n) is 5.32. The standard InChI is InChI=1S/C9H8N2.C6H7N.C5H6N2/c1-7-6-10-8-4-2-3-5-9(8)11-7;1-6-4-2-3-5-7-6;1-5-4-6-2-3-7-5/h2-6H,1H3;2-5H,1H3;2-4H,1H3. The molecule has 0 aliphatic carbocycles. The smallest absolute Gasteiger partial charge is 0.0889 e. The van der Waals surface area contributed by atoms with Gasteiger partial charge in [-0.3, -0.25) is 19.9 Å². The third-order valence-electron chi connectivity index (χ3n) is 3.07. The molecule has 0 saturated heterocycles. The second-order valence-corrected chi connectivity index (χ2v) is 5.32. The van der Waals surface area contributed by atoms with Crippen molar-refractivity contribution in [1.82, 2.24) is 24.9 Å². The highest BCUT2D eigenvalue weighted by Gasteiger charge is 1.92. The molecule has 5 nitrogen and oxygen atoms in total. The third kappa shape index (κ3) is 6.83. The number of pyridine rings is 1. The van der Waals surface area contributed by atoms with E-state index in [2.05, 4.69) is 24.9 Å². The Morgan fingerprint density at radius 3 is 1.80 bits per heavy atom. The quantitative estimate of drug-likeness (QED) is 0.485. The number of fused-ring (bicyclic) bond motifs is 1. The van der Waals surface area contributed by atoms with E-state index in [0.717, 1.165) is 28.1 Å². The maximum atomic E-state index is 4.31. The van der Waals surface area contributed by atoms with Crippen molar-refractivity contribution in [2.45, 2.75) is 20.8 Å². The molecule has 0 aliphatic rings. The molecule has 0 saturated carbocycles.